The Bertz CT molecular complexity index is 1190. The van der Waals surface area contributed by atoms with Crippen LogP contribution in [0.15, 0.2) is 59.2 Å². The Morgan fingerprint density at radius 1 is 1.18 bits per heavy atom. The van der Waals surface area contributed by atoms with Gasteiger partial charge in [0, 0.05) is 16.7 Å². The van der Waals surface area contributed by atoms with Gasteiger partial charge in [0.05, 0.1) is 27.1 Å². The summed E-state index contributed by atoms with van der Waals surface area (Å²) in [5, 5.41) is 10.8. The van der Waals surface area contributed by atoms with Crippen molar-refractivity contribution in [2.75, 3.05) is 5.75 Å². The number of fused-ring (bicyclic) bond motifs is 1. The molecule has 0 spiro atoms. The molecule has 0 aliphatic heterocycles. The van der Waals surface area contributed by atoms with Crippen LogP contribution in [0.4, 0.5) is 14.5 Å². The van der Waals surface area contributed by atoms with E-state index in [2.05, 4.69) is 15.9 Å². The molecule has 0 saturated carbocycles. The van der Waals surface area contributed by atoms with Crippen molar-refractivity contribution in [1.82, 2.24) is 3.97 Å². The molecule has 0 radical (unpaired) electrons. The van der Waals surface area contributed by atoms with E-state index in [-0.39, 0.29) is 10.9 Å². The fraction of sp³-hybridized carbons (Fsp3) is 0.111. The average Bonchev–Trinajstić information content (AvgIpc) is 3.04. The van der Waals surface area contributed by atoms with Crippen LogP contribution in [-0.4, -0.2) is 23.1 Å². The molecule has 28 heavy (non-hydrogen) atoms. The smallest absolute Gasteiger partial charge is 0.258 e. The van der Waals surface area contributed by atoms with Crippen LogP contribution in [0.3, 0.4) is 0 Å². The predicted molar refractivity (Wildman–Crippen MR) is 106 cm³/mol. The van der Waals surface area contributed by atoms with E-state index >= 15 is 0 Å². The monoisotopic (exact) mass is 470 g/mol. The molecule has 3 rings (SSSR count). The number of rotatable bonds is 6. The van der Waals surface area contributed by atoms with Crippen molar-refractivity contribution < 1.29 is 22.1 Å². The Morgan fingerprint density at radius 3 is 2.54 bits per heavy atom. The maximum Gasteiger partial charge on any atom is 0.279 e. The number of alkyl halides is 2. The van der Waals surface area contributed by atoms with Crippen LogP contribution < -0.4 is 0 Å². The van der Waals surface area contributed by atoms with Gasteiger partial charge in [0.15, 0.2) is 0 Å². The van der Waals surface area contributed by atoms with E-state index in [1.54, 1.807) is 24.3 Å². The Kier molecular flexibility index (Phi) is 5.61. The highest BCUT2D eigenvalue weighted by molar-refractivity contribution is 9.10. The van der Waals surface area contributed by atoms with Crippen molar-refractivity contribution in [2.45, 2.75) is 6.43 Å². The molecule has 0 amide bonds. The number of nitro groups is 1. The van der Waals surface area contributed by atoms with Gasteiger partial charge in [0.25, 0.3) is 12.1 Å². The highest BCUT2D eigenvalue weighted by Crippen LogP contribution is 2.36. The summed E-state index contributed by atoms with van der Waals surface area (Å²) in [5.41, 5.74) is -0.663. The quantitative estimate of drug-likeness (QED) is 0.368. The zero-order chi connectivity index (χ0) is 20.5. The fourth-order valence-electron chi connectivity index (χ4n) is 2.80. The fourth-order valence-corrected chi connectivity index (χ4v) is 4.45. The number of nitro benzene ring substituents is 1. The Labute approximate surface area is 167 Å². The normalized spacial score (nSPS) is 12.3. The van der Waals surface area contributed by atoms with E-state index in [0.29, 0.717) is 3.97 Å². The van der Waals surface area contributed by atoms with Crippen molar-refractivity contribution in [3.63, 3.8) is 0 Å². The van der Waals surface area contributed by atoms with Gasteiger partial charge in [-0.2, -0.15) is 0 Å². The van der Waals surface area contributed by atoms with E-state index in [0.717, 1.165) is 22.3 Å². The zero-order valence-electron chi connectivity index (χ0n) is 14.1. The van der Waals surface area contributed by atoms with Gasteiger partial charge in [-0.05, 0) is 17.7 Å². The standard InChI is InChI=1S/C18H13BrF2N2O4S/c19-14-7-2-1-5-12(14)6-4-10-28(26,27)22-11-13(18(20)21)17-15(22)8-3-9-16(17)23(24)25/h1-9,11,18H,10H2. The third kappa shape index (κ3) is 3.83. The number of benzene rings is 2. The van der Waals surface area contributed by atoms with Crippen LogP contribution in [0.1, 0.15) is 17.6 Å². The largest absolute Gasteiger partial charge is 0.279 e. The topological polar surface area (TPSA) is 82.2 Å². The number of non-ortho nitro benzene ring substituents is 1. The lowest BCUT2D eigenvalue weighted by atomic mass is 10.1. The molecule has 0 fully saturated rings. The Balaban J connectivity index is 2.06. The minimum absolute atomic E-state index is 0.154. The molecular formula is C18H13BrF2N2O4S. The van der Waals surface area contributed by atoms with Gasteiger partial charge in [-0.25, -0.2) is 21.2 Å². The molecule has 0 aliphatic rings. The highest BCUT2D eigenvalue weighted by atomic mass is 79.9. The lowest BCUT2D eigenvalue weighted by molar-refractivity contribution is -0.383. The summed E-state index contributed by atoms with van der Waals surface area (Å²) in [7, 11) is -4.07. The molecule has 3 aromatic rings. The van der Waals surface area contributed by atoms with Crippen LogP contribution in [0.25, 0.3) is 17.0 Å². The summed E-state index contributed by atoms with van der Waals surface area (Å²) in [6.45, 7) is 0. The van der Waals surface area contributed by atoms with E-state index in [9.17, 15) is 27.3 Å². The molecule has 0 atom stereocenters. The molecule has 146 valence electrons. The van der Waals surface area contributed by atoms with Crippen LogP contribution in [0, 0.1) is 10.1 Å². The molecule has 2 aromatic carbocycles. The first kappa shape index (κ1) is 20.2. The molecule has 0 unspecified atom stereocenters. The summed E-state index contributed by atoms with van der Waals surface area (Å²) in [6, 6.07) is 10.8. The second-order valence-electron chi connectivity index (χ2n) is 5.81. The molecular weight excluding hydrogens is 458 g/mol. The van der Waals surface area contributed by atoms with Gasteiger partial charge in [0.2, 0.25) is 10.0 Å². The van der Waals surface area contributed by atoms with Crippen LogP contribution in [0.2, 0.25) is 0 Å². The molecule has 10 heteroatoms. The van der Waals surface area contributed by atoms with Gasteiger partial charge < -0.3 is 0 Å². The maximum absolute atomic E-state index is 13.4. The number of aromatic nitrogens is 1. The van der Waals surface area contributed by atoms with Crippen LogP contribution >= 0.6 is 15.9 Å². The summed E-state index contributed by atoms with van der Waals surface area (Å²) in [6.07, 6.45) is 0.671. The number of halogens is 3. The summed E-state index contributed by atoms with van der Waals surface area (Å²) in [4.78, 5) is 10.4. The molecule has 0 N–H and O–H groups in total. The van der Waals surface area contributed by atoms with Crippen LogP contribution in [0.5, 0.6) is 0 Å². The van der Waals surface area contributed by atoms with E-state index in [1.807, 2.05) is 6.07 Å². The first-order valence-electron chi connectivity index (χ1n) is 7.93. The summed E-state index contributed by atoms with van der Waals surface area (Å²) < 4.78 is 53.7. The molecule has 0 saturated heterocycles. The van der Waals surface area contributed by atoms with E-state index < -0.39 is 38.4 Å². The SMILES string of the molecule is O=[N+]([O-])c1cccc2c1c(C(F)F)cn2S(=O)(=O)CC=Cc1ccccc1Br. The lowest BCUT2D eigenvalue weighted by Gasteiger charge is -2.05. The van der Waals surface area contributed by atoms with Crippen molar-refractivity contribution in [1.29, 1.82) is 0 Å². The summed E-state index contributed by atoms with van der Waals surface area (Å²) >= 11 is 3.34. The third-order valence-electron chi connectivity index (χ3n) is 4.04. The summed E-state index contributed by atoms with van der Waals surface area (Å²) in [5.74, 6) is -0.469. The van der Waals surface area contributed by atoms with Gasteiger partial charge in [-0.15, -0.1) is 0 Å². The van der Waals surface area contributed by atoms with Gasteiger partial charge >= 0.3 is 0 Å². The highest BCUT2D eigenvalue weighted by Gasteiger charge is 2.27. The Morgan fingerprint density at radius 2 is 1.89 bits per heavy atom. The first-order chi connectivity index (χ1) is 13.2. The van der Waals surface area contributed by atoms with Crippen molar-refractivity contribution in [2.24, 2.45) is 0 Å². The Hall–Kier alpha value is -2.59. The second kappa shape index (κ2) is 7.80. The van der Waals surface area contributed by atoms with Gasteiger partial charge in [-0.3, -0.25) is 10.1 Å². The third-order valence-corrected chi connectivity index (χ3v) is 6.28. The van der Waals surface area contributed by atoms with Crippen LogP contribution in [-0.2, 0) is 10.0 Å². The van der Waals surface area contributed by atoms with E-state index in [4.69, 9.17) is 0 Å². The maximum atomic E-state index is 13.4. The minimum atomic E-state index is -4.07. The van der Waals surface area contributed by atoms with E-state index in [1.165, 1.54) is 18.2 Å². The molecule has 1 heterocycles. The predicted octanol–water partition coefficient (Wildman–Crippen LogP) is 5.14. The first-order valence-corrected chi connectivity index (χ1v) is 10.3. The molecule has 1 aromatic heterocycles. The number of nitrogens with zero attached hydrogens (tertiary/aromatic N) is 2. The van der Waals surface area contributed by atoms with Crippen molar-refractivity contribution in [3.8, 4) is 0 Å². The number of hydrogen-bond acceptors (Lipinski definition) is 4. The lowest BCUT2D eigenvalue weighted by Crippen LogP contribution is -2.14. The van der Waals surface area contributed by atoms with Gasteiger partial charge in [-0.1, -0.05) is 52.3 Å². The number of hydrogen-bond donors (Lipinski definition) is 0. The zero-order valence-corrected chi connectivity index (χ0v) is 16.5. The molecule has 0 bridgehead atoms. The van der Waals surface area contributed by atoms with Gasteiger partial charge in [0.1, 0.15) is 0 Å². The minimum Gasteiger partial charge on any atom is -0.258 e. The average molecular weight is 471 g/mol. The van der Waals surface area contributed by atoms with Crippen molar-refractivity contribution >= 4 is 48.6 Å². The molecule has 6 nitrogen and oxygen atoms in total. The van der Waals surface area contributed by atoms with Crippen molar-refractivity contribution in [3.05, 3.63) is 80.5 Å². The second-order valence-corrected chi connectivity index (χ2v) is 8.56. The molecule has 0 aliphatic carbocycles.